The third-order valence-electron chi connectivity index (χ3n) is 4.06. The van der Waals surface area contributed by atoms with E-state index in [1.807, 2.05) is 6.92 Å². The van der Waals surface area contributed by atoms with Crippen LogP contribution in [0.15, 0.2) is 0 Å². The summed E-state index contributed by atoms with van der Waals surface area (Å²) in [6.45, 7) is 10.3. The SMILES string of the molecule is CCCCCNC(=O)C(C)N(CC)C1CCCNC1. The largest absolute Gasteiger partial charge is 0.355 e. The van der Waals surface area contributed by atoms with Crippen molar-refractivity contribution in [1.29, 1.82) is 0 Å². The molecule has 0 radical (unpaired) electrons. The molecule has 0 aromatic rings. The van der Waals surface area contributed by atoms with E-state index < -0.39 is 0 Å². The summed E-state index contributed by atoms with van der Waals surface area (Å²) in [5.41, 5.74) is 0. The van der Waals surface area contributed by atoms with Gasteiger partial charge < -0.3 is 10.6 Å². The van der Waals surface area contributed by atoms with Crippen molar-refractivity contribution in [2.45, 2.75) is 65.0 Å². The number of piperidine rings is 1. The van der Waals surface area contributed by atoms with Crippen LogP contribution >= 0.6 is 0 Å². The van der Waals surface area contributed by atoms with Gasteiger partial charge in [-0.05, 0) is 39.3 Å². The summed E-state index contributed by atoms with van der Waals surface area (Å²) in [6.07, 6.45) is 5.89. The van der Waals surface area contributed by atoms with Gasteiger partial charge in [-0.25, -0.2) is 0 Å². The van der Waals surface area contributed by atoms with Crippen LogP contribution in [-0.2, 0) is 4.79 Å². The standard InChI is InChI=1S/C15H31N3O/c1-4-6-7-11-17-15(19)13(3)18(5-2)14-9-8-10-16-12-14/h13-14,16H,4-12H2,1-3H3,(H,17,19). The van der Waals surface area contributed by atoms with Gasteiger partial charge in [-0.1, -0.05) is 26.7 Å². The molecule has 1 saturated heterocycles. The fraction of sp³-hybridized carbons (Fsp3) is 0.933. The topological polar surface area (TPSA) is 44.4 Å². The molecular weight excluding hydrogens is 238 g/mol. The Bertz CT molecular complexity index is 252. The molecule has 1 heterocycles. The minimum atomic E-state index is -0.0171. The smallest absolute Gasteiger partial charge is 0.237 e. The zero-order valence-corrected chi connectivity index (χ0v) is 12.9. The lowest BCUT2D eigenvalue weighted by Gasteiger charge is -2.37. The van der Waals surface area contributed by atoms with Crippen molar-refractivity contribution in [2.24, 2.45) is 0 Å². The monoisotopic (exact) mass is 269 g/mol. The van der Waals surface area contributed by atoms with Gasteiger partial charge in [-0.15, -0.1) is 0 Å². The molecule has 0 bridgehead atoms. The molecule has 2 N–H and O–H groups in total. The molecule has 0 aliphatic carbocycles. The molecule has 0 spiro atoms. The molecule has 0 aromatic heterocycles. The van der Waals surface area contributed by atoms with E-state index in [1.165, 1.54) is 25.7 Å². The van der Waals surface area contributed by atoms with Crippen LogP contribution in [0.4, 0.5) is 0 Å². The molecule has 1 fully saturated rings. The fourth-order valence-electron chi connectivity index (χ4n) is 2.85. The second kappa shape index (κ2) is 9.32. The van der Waals surface area contributed by atoms with Gasteiger partial charge in [0.05, 0.1) is 6.04 Å². The van der Waals surface area contributed by atoms with Crippen molar-refractivity contribution in [1.82, 2.24) is 15.5 Å². The highest BCUT2D eigenvalue weighted by Gasteiger charge is 2.27. The van der Waals surface area contributed by atoms with Gasteiger partial charge in [0.1, 0.15) is 0 Å². The van der Waals surface area contributed by atoms with Crippen molar-refractivity contribution < 1.29 is 4.79 Å². The Morgan fingerprint density at radius 1 is 1.42 bits per heavy atom. The number of hydrogen-bond donors (Lipinski definition) is 2. The number of nitrogens with one attached hydrogen (secondary N) is 2. The van der Waals surface area contributed by atoms with Crippen LogP contribution in [-0.4, -0.2) is 49.1 Å². The average molecular weight is 269 g/mol. The summed E-state index contributed by atoms with van der Waals surface area (Å²) in [6, 6.07) is 0.492. The minimum Gasteiger partial charge on any atom is -0.355 e. The average Bonchev–Trinajstić information content (AvgIpc) is 2.45. The highest BCUT2D eigenvalue weighted by atomic mass is 16.2. The number of likely N-dealkylation sites (N-methyl/N-ethyl adjacent to an activating group) is 1. The molecule has 0 aromatic carbocycles. The molecular formula is C15H31N3O. The van der Waals surface area contributed by atoms with Crippen molar-refractivity contribution in [3.05, 3.63) is 0 Å². The van der Waals surface area contributed by atoms with Crippen LogP contribution in [0.2, 0.25) is 0 Å². The first-order chi connectivity index (χ1) is 9.20. The molecule has 0 saturated carbocycles. The Kier molecular flexibility index (Phi) is 8.07. The van der Waals surface area contributed by atoms with Crippen LogP contribution in [0.25, 0.3) is 0 Å². The van der Waals surface area contributed by atoms with Gasteiger partial charge in [0.15, 0.2) is 0 Å². The summed E-state index contributed by atoms with van der Waals surface area (Å²) in [5.74, 6) is 0.184. The van der Waals surface area contributed by atoms with Gasteiger partial charge >= 0.3 is 0 Å². The zero-order valence-electron chi connectivity index (χ0n) is 12.9. The summed E-state index contributed by atoms with van der Waals surface area (Å²) in [5, 5.41) is 6.50. The van der Waals surface area contributed by atoms with Crippen LogP contribution < -0.4 is 10.6 Å². The molecule has 4 heteroatoms. The van der Waals surface area contributed by atoms with Crippen molar-refractivity contribution in [3.8, 4) is 0 Å². The van der Waals surface area contributed by atoms with E-state index in [1.54, 1.807) is 0 Å². The van der Waals surface area contributed by atoms with Crippen LogP contribution in [0.3, 0.4) is 0 Å². The number of unbranched alkanes of at least 4 members (excludes halogenated alkanes) is 2. The van der Waals surface area contributed by atoms with Crippen molar-refractivity contribution in [2.75, 3.05) is 26.2 Å². The molecule has 112 valence electrons. The number of nitrogens with zero attached hydrogens (tertiary/aromatic N) is 1. The van der Waals surface area contributed by atoms with E-state index in [9.17, 15) is 4.79 Å². The Balaban J connectivity index is 2.38. The van der Waals surface area contributed by atoms with E-state index in [0.717, 1.165) is 32.6 Å². The molecule has 1 rings (SSSR count). The Morgan fingerprint density at radius 3 is 2.79 bits per heavy atom. The van der Waals surface area contributed by atoms with Crippen molar-refractivity contribution in [3.63, 3.8) is 0 Å². The molecule has 2 atom stereocenters. The van der Waals surface area contributed by atoms with Crippen molar-refractivity contribution >= 4 is 5.91 Å². The second-order valence-corrected chi connectivity index (χ2v) is 5.50. The summed E-state index contributed by atoms with van der Waals surface area (Å²) < 4.78 is 0. The van der Waals surface area contributed by atoms with Crippen LogP contribution in [0, 0.1) is 0 Å². The van der Waals surface area contributed by atoms with Gasteiger partial charge in [0.25, 0.3) is 0 Å². The van der Waals surface area contributed by atoms with E-state index in [4.69, 9.17) is 0 Å². The number of carbonyl (C=O) groups is 1. The third-order valence-corrected chi connectivity index (χ3v) is 4.06. The highest BCUT2D eigenvalue weighted by Crippen LogP contribution is 2.13. The first-order valence-electron chi connectivity index (χ1n) is 7.94. The second-order valence-electron chi connectivity index (χ2n) is 5.50. The predicted octanol–water partition coefficient (Wildman–Crippen LogP) is 1.76. The summed E-state index contributed by atoms with van der Waals surface area (Å²) in [4.78, 5) is 14.5. The lowest BCUT2D eigenvalue weighted by molar-refractivity contribution is -0.126. The number of rotatable bonds is 8. The molecule has 1 aliphatic heterocycles. The molecule has 4 nitrogen and oxygen atoms in total. The Labute approximate surface area is 118 Å². The predicted molar refractivity (Wildman–Crippen MR) is 80.3 cm³/mol. The molecule has 1 aliphatic rings. The lowest BCUT2D eigenvalue weighted by atomic mass is 10.0. The van der Waals surface area contributed by atoms with E-state index in [2.05, 4.69) is 29.4 Å². The Hall–Kier alpha value is -0.610. The zero-order chi connectivity index (χ0) is 14.1. The van der Waals surface area contributed by atoms with Gasteiger partial charge in [-0.2, -0.15) is 0 Å². The third kappa shape index (κ3) is 5.49. The van der Waals surface area contributed by atoms with Crippen LogP contribution in [0.5, 0.6) is 0 Å². The number of amides is 1. The normalized spacial score (nSPS) is 21.4. The van der Waals surface area contributed by atoms with Gasteiger partial charge in [-0.3, -0.25) is 9.69 Å². The van der Waals surface area contributed by atoms with E-state index in [0.29, 0.717) is 6.04 Å². The summed E-state index contributed by atoms with van der Waals surface area (Å²) in [7, 11) is 0. The molecule has 2 unspecified atom stereocenters. The Morgan fingerprint density at radius 2 is 2.21 bits per heavy atom. The molecule has 19 heavy (non-hydrogen) atoms. The first-order valence-corrected chi connectivity index (χ1v) is 7.94. The van der Waals surface area contributed by atoms with E-state index >= 15 is 0 Å². The van der Waals surface area contributed by atoms with Gasteiger partial charge in [0.2, 0.25) is 5.91 Å². The quantitative estimate of drug-likeness (QED) is 0.660. The van der Waals surface area contributed by atoms with Gasteiger partial charge in [0, 0.05) is 19.1 Å². The fourth-order valence-corrected chi connectivity index (χ4v) is 2.85. The maximum atomic E-state index is 12.2. The maximum absolute atomic E-state index is 12.2. The lowest BCUT2D eigenvalue weighted by Crippen LogP contribution is -2.54. The highest BCUT2D eigenvalue weighted by molar-refractivity contribution is 5.81. The summed E-state index contributed by atoms with van der Waals surface area (Å²) >= 11 is 0. The van der Waals surface area contributed by atoms with E-state index in [-0.39, 0.29) is 11.9 Å². The number of hydrogen-bond acceptors (Lipinski definition) is 3. The number of carbonyl (C=O) groups excluding carboxylic acids is 1. The minimum absolute atomic E-state index is 0.0171. The van der Waals surface area contributed by atoms with Crippen LogP contribution in [0.1, 0.15) is 52.9 Å². The first kappa shape index (κ1) is 16.4. The molecule has 1 amide bonds. The maximum Gasteiger partial charge on any atom is 0.237 e.